The summed E-state index contributed by atoms with van der Waals surface area (Å²) >= 11 is 0. The van der Waals surface area contributed by atoms with Crippen LogP contribution >= 0.6 is 0 Å². The van der Waals surface area contributed by atoms with Crippen LogP contribution in [0.5, 0.6) is 0 Å². The van der Waals surface area contributed by atoms with Gasteiger partial charge in [0, 0.05) is 12.1 Å². The van der Waals surface area contributed by atoms with Gasteiger partial charge in [-0.25, -0.2) is 14.1 Å². The van der Waals surface area contributed by atoms with Crippen LogP contribution < -0.4 is 5.32 Å². The van der Waals surface area contributed by atoms with Crippen LogP contribution in [0.2, 0.25) is 0 Å². The zero-order chi connectivity index (χ0) is 22.7. The number of cyclic esters (lactones) is 1. The van der Waals surface area contributed by atoms with E-state index in [1.54, 1.807) is 37.3 Å². The maximum atomic E-state index is 13.6. The summed E-state index contributed by atoms with van der Waals surface area (Å²) in [5, 5.41) is 2.74. The van der Waals surface area contributed by atoms with Crippen molar-refractivity contribution in [3.05, 3.63) is 95.5 Å². The van der Waals surface area contributed by atoms with Crippen LogP contribution in [-0.2, 0) is 20.7 Å². The number of hydrogen-bond donors (Lipinski definition) is 1. The topological polar surface area (TPSA) is 75.7 Å². The largest absolute Gasteiger partial charge is 0.422 e. The first kappa shape index (κ1) is 21.5. The van der Waals surface area contributed by atoms with Gasteiger partial charge >= 0.3 is 6.09 Å². The van der Waals surface area contributed by atoms with Crippen molar-refractivity contribution in [1.82, 2.24) is 10.2 Å². The molecular weight excluding hydrogens is 411 g/mol. The van der Waals surface area contributed by atoms with Gasteiger partial charge in [-0.15, -0.1) is 0 Å². The lowest BCUT2D eigenvalue weighted by Gasteiger charge is -2.26. The molecule has 0 bridgehead atoms. The number of halogens is 1. The molecule has 1 N–H and O–H groups in total. The fourth-order valence-corrected chi connectivity index (χ4v) is 3.90. The summed E-state index contributed by atoms with van der Waals surface area (Å²) in [6.07, 6.45) is 6.15. The fourth-order valence-electron chi connectivity index (χ4n) is 3.90. The van der Waals surface area contributed by atoms with Crippen LogP contribution in [-0.4, -0.2) is 28.4 Å². The molecule has 1 heterocycles. The normalized spacial score (nSPS) is 21.2. The number of allylic oxidation sites excluding steroid dienone is 3. The third-order valence-corrected chi connectivity index (χ3v) is 5.68. The number of ether oxygens (including phenoxy) is 1. The molecule has 7 heteroatoms. The molecule has 2 aromatic carbocycles. The molecule has 2 aromatic rings. The van der Waals surface area contributed by atoms with Crippen LogP contribution in [0.15, 0.2) is 78.5 Å². The van der Waals surface area contributed by atoms with Crippen molar-refractivity contribution in [3.63, 3.8) is 0 Å². The van der Waals surface area contributed by atoms with Gasteiger partial charge in [0.1, 0.15) is 5.82 Å². The predicted molar refractivity (Wildman–Crippen MR) is 116 cm³/mol. The van der Waals surface area contributed by atoms with Gasteiger partial charge < -0.3 is 10.1 Å². The molecular formula is C25H23FN2O4. The lowest BCUT2D eigenvalue weighted by molar-refractivity contribution is -0.149. The highest BCUT2D eigenvalue weighted by Crippen LogP contribution is 2.35. The number of benzene rings is 2. The van der Waals surface area contributed by atoms with Crippen molar-refractivity contribution in [3.8, 4) is 0 Å². The Kier molecular flexibility index (Phi) is 5.90. The summed E-state index contributed by atoms with van der Waals surface area (Å²) in [7, 11) is 0. The minimum Gasteiger partial charge on any atom is -0.422 e. The van der Waals surface area contributed by atoms with Gasteiger partial charge in [0.05, 0.1) is 6.04 Å². The van der Waals surface area contributed by atoms with Crippen LogP contribution in [0.3, 0.4) is 0 Å². The third-order valence-electron chi connectivity index (χ3n) is 5.68. The number of nitrogens with zero attached hydrogens (tertiary/aromatic N) is 1. The molecule has 1 fully saturated rings. The van der Waals surface area contributed by atoms with Gasteiger partial charge in [-0.2, -0.15) is 0 Å². The molecule has 2 aliphatic rings. The number of imide groups is 1. The second kappa shape index (κ2) is 8.78. The van der Waals surface area contributed by atoms with E-state index in [0.29, 0.717) is 16.8 Å². The summed E-state index contributed by atoms with van der Waals surface area (Å²) in [5.41, 5.74) is -0.264. The quantitative estimate of drug-likeness (QED) is 0.692. The summed E-state index contributed by atoms with van der Waals surface area (Å²) in [4.78, 5) is 40.8. The molecule has 0 aromatic heterocycles. The smallest absolute Gasteiger partial charge is 0.418 e. The van der Waals surface area contributed by atoms with Gasteiger partial charge in [0.15, 0.2) is 0 Å². The van der Waals surface area contributed by atoms with E-state index in [2.05, 4.69) is 5.32 Å². The van der Waals surface area contributed by atoms with Gasteiger partial charge in [0.2, 0.25) is 0 Å². The van der Waals surface area contributed by atoms with E-state index >= 15 is 0 Å². The molecule has 164 valence electrons. The Morgan fingerprint density at radius 3 is 2.50 bits per heavy atom. The van der Waals surface area contributed by atoms with E-state index < -0.39 is 35.4 Å². The van der Waals surface area contributed by atoms with Gasteiger partial charge in [-0.1, -0.05) is 54.6 Å². The Balaban J connectivity index is 1.68. The van der Waals surface area contributed by atoms with E-state index in [4.69, 9.17) is 4.74 Å². The average Bonchev–Trinajstić information content (AvgIpc) is 3.05. The summed E-state index contributed by atoms with van der Waals surface area (Å²) in [6, 6.07) is 13.7. The van der Waals surface area contributed by atoms with Crippen molar-refractivity contribution in [2.24, 2.45) is 0 Å². The van der Waals surface area contributed by atoms with E-state index in [1.165, 1.54) is 24.3 Å². The van der Waals surface area contributed by atoms with Crippen molar-refractivity contribution >= 4 is 17.9 Å². The number of amides is 3. The highest BCUT2D eigenvalue weighted by atomic mass is 19.1. The lowest BCUT2D eigenvalue weighted by atomic mass is 9.91. The SMILES string of the molecule is C[C@H](c1ccc(F)cc1)N1C(=O)O[C@](Cc2ccccc2)(C(=O)NC2=CCCC=C2)C1=O. The van der Waals surface area contributed by atoms with Crippen LogP contribution in [0.1, 0.15) is 36.9 Å². The van der Waals surface area contributed by atoms with Crippen molar-refractivity contribution in [2.45, 2.75) is 37.8 Å². The summed E-state index contributed by atoms with van der Waals surface area (Å²) < 4.78 is 18.9. The molecule has 1 aliphatic carbocycles. The summed E-state index contributed by atoms with van der Waals surface area (Å²) in [5.74, 6) is -1.88. The molecule has 0 saturated carbocycles. The molecule has 1 aliphatic heterocycles. The second-order valence-corrected chi connectivity index (χ2v) is 7.85. The molecule has 1 saturated heterocycles. The Hall–Kier alpha value is -3.74. The van der Waals surface area contributed by atoms with Gasteiger partial charge in [-0.3, -0.25) is 9.59 Å². The van der Waals surface area contributed by atoms with Crippen molar-refractivity contribution < 1.29 is 23.5 Å². The molecule has 2 atom stereocenters. The molecule has 32 heavy (non-hydrogen) atoms. The number of nitrogens with one attached hydrogen (secondary N) is 1. The number of carbonyl (C=O) groups is 3. The first-order chi connectivity index (χ1) is 15.4. The number of rotatable bonds is 6. The maximum absolute atomic E-state index is 13.6. The van der Waals surface area contributed by atoms with E-state index in [0.717, 1.165) is 17.7 Å². The molecule has 0 radical (unpaired) electrons. The Bertz CT molecular complexity index is 1090. The van der Waals surface area contributed by atoms with Crippen molar-refractivity contribution in [1.29, 1.82) is 0 Å². The van der Waals surface area contributed by atoms with E-state index in [9.17, 15) is 18.8 Å². The highest BCUT2D eigenvalue weighted by molar-refractivity contribution is 6.17. The fraction of sp³-hybridized carbons (Fsp3) is 0.240. The number of carbonyl (C=O) groups excluding carboxylic acids is 3. The molecule has 6 nitrogen and oxygen atoms in total. The van der Waals surface area contributed by atoms with Gasteiger partial charge in [-0.05, 0) is 49.1 Å². The third kappa shape index (κ3) is 4.06. The first-order valence-electron chi connectivity index (χ1n) is 10.4. The van der Waals surface area contributed by atoms with Crippen LogP contribution in [0.4, 0.5) is 9.18 Å². The maximum Gasteiger partial charge on any atom is 0.418 e. The molecule has 0 spiro atoms. The van der Waals surface area contributed by atoms with Gasteiger partial charge in [0.25, 0.3) is 17.4 Å². The minimum absolute atomic E-state index is 0.103. The zero-order valence-corrected chi connectivity index (χ0v) is 17.6. The highest BCUT2D eigenvalue weighted by Gasteiger charge is 2.60. The average molecular weight is 434 g/mol. The standard InChI is InChI=1S/C25H23FN2O4/c1-17(19-12-14-20(26)15-13-19)28-23(30)25(32-24(28)31,16-18-8-4-2-5-9-18)22(29)27-21-10-6-3-7-11-21/h2,4-6,8-15,17H,3,7,16H2,1H3,(H,27,29)/t17-,25-/m1/s1. The predicted octanol–water partition coefficient (Wildman–Crippen LogP) is 4.20. The first-order valence-corrected chi connectivity index (χ1v) is 10.4. The van der Waals surface area contributed by atoms with E-state index in [1.807, 2.05) is 18.2 Å². The molecule has 3 amide bonds. The number of hydrogen-bond acceptors (Lipinski definition) is 4. The van der Waals surface area contributed by atoms with Crippen LogP contribution in [0, 0.1) is 5.82 Å². The zero-order valence-electron chi connectivity index (χ0n) is 17.6. The minimum atomic E-state index is -2.04. The van der Waals surface area contributed by atoms with Crippen molar-refractivity contribution in [2.75, 3.05) is 0 Å². The summed E-state index contributed by atoms with van der Waals surface area (Å²) in [6.45, 7) is 1.63. The van der Waals surface area contributed by atoms with E-state index in [-0.39, 0.29) is 6.42 Å². The Labute approximate surface area is 185 Å². The lowest BCUT2D eigenvalue weighted by Crippen LogP contribution is -2.54. The molecule has 4 rings (SSSR count). The van der Waals surface area contributed by atoms with Crippen LogP contribution in [0.25, 0.3) is 0 Å². The Morgan fingerprint density at radius 1 is 1.12 bits per heavy atom. The molecule has 0 unspecified atom stereocenters. The second-order valence-electron chi connectivity index (χ2n) is 7.85. The monoisotopic (exact) mass is 434 g/mol. The Morgan fingerprint density at radius 2 is 1.84 bits per heavy atom.